The number of hydrogen-bond acceptors (Lipinski definition) is 6. The van der Waals surface area contributed by atoms with E-state index in [4.69, 9.17) is 24.6 Å². The number of rotatable bonds is 10. The van der Waals surface area contributed by atoms with Gasteiger partial charge in [0.25, 0.3) is 0 Å². The van der Waals surface area contributed by atoms with Crippen LogP contribution in [-0.4, -0.2) is 11.7 Å². The van der Waals surface area contributed by atoms with Crippen LogP contribution in [0.4, 0.5) is 0 Å². The predicted molar refractivity (Wildman–Crippen MR) is 145 cm³/mol. The fourth-order valence-electron chi connectivity index (χ4n) is 3.30. The maximum Gasteiger partial charge on any atom is 0.457 e. The van der Waals surface area contributed by atoms with Crippen molar-refractivity contribution in [2.24, 2.45) is 5.73 Å². The number of carbonyl (C=O) groups is 1. The van der Waals surface area contributed by atoms with E-state index in [0.717, 1.165) is 0 Å². The molecule has 1 heterocycles. The van der Waals surface area contributed by atoms with Crippen molar-refractivity contribution in [2.75, 3.05) is 0 Å². The molecular formula is C27H25ClN3O5P. The zero-order valence-corrected chi connectivity index (χ0v) is 21.2. The Morgan fingerprint density at radius 2 is 1.46 bits per heavy atom. The SMILES string of the molecule is Cl.N=C(N)c1ccc(C(NC(=O)C=Cc2ccco2)P(=O)(Oc2ccccc2)Oc2ccccc2)cc1. The van der Waals surface area contributed by atoms with Gasteiger partial charge in [0.05, 0.1) is 6.26 Å². The third kappa shape index (κ3) is 7.36. The maximum absolute atomic E-state index is 14.5. The summed E-state index contributed by atoms with van der Waals surface area (Å²) in [5.74, 6) is -0.761. The molecule has 1 unspecified atom stereocenters. The number of carbonyl (C=O) groups excluding carboxylic acids is 1. The van der Waals surface area contributed by atoms with Crippen molar-refractivity contribution >= 4 is 37.8 Å². The number of amidine groups is 1. The van der Waals surface area contributed by atoms with Crippen LogP contribution in [0.25, 0.3) is 6.08 Å². The second-order valence-corrected chi connectivity index (χ2v) is 9.61. The van der Waals surface area contributed by atoms with Gasteiger partial charge in [-0.2, -0.15) is 0 Å². The van der Waals surface area contributed by atoms with Gasteiger partial charge in [0, 0.05) is 11.6 Å². The summed E-state index contributed by atoms with van der Waals surface area (Å²) in [5, 5.41) is 10.4. The van der Waals surface area contributed by atoms with E-state index in [1.54, 1.807) is 97.1 Å². The fourth-order valence-corrected chi connectivity index (χ4v) is 5.20. The van der Waals surface area contributed by atoms with Crippen molar-refractivity contribution < 1.29 is 22.8 Å². The lowest BCUT2D eigenvalue weighted by Crippen LogP contribution is -2.30. The van der Waals surface area contributed by atoms with Crippen LogP contribution in [0.2, 0.25) is 0 Å². The molecule has 4 rings (SSSR count). The van der Waals surface area contributed by atoms with Crippen LogP contribution < -0.4 is 20.1 Å². The first-order valence-electron chi connectivity index (χ1n) is 11.0. The lowest BCUT2D eigenvalue weighted by molar-refractivity contribution is -0.116. The Hall–Kier alpha value is -4.26. The van der Waals surface area contributed by atoms with Gasteiger partial charge in [0.15, 0.2) is 5.78 Å². The molecule has 0 fully saturated rings. The molecule has 0 aliphatic heterocycles. The molecular weight excluding hydrogens is 513 g/mol. The Bertz CT molecular complexity index is 1330. The van der Waals surface area contributed by atoms with E-state index in [1.807, 2.05) is 0 Å². The first-order chi connectivity index (χ1) is 17.4. The zero-order chi connectivity index (χ0) is 25.4. The molecule has 1 aromatic heterocycles. The van der Waals surface area contributed by atoms with Crippen molar-refractivity contribution in [1.82, 2.24) is 5.32 Å². The Labute approximate surface area is 220 Å². The third-order valence-corrected chi connectivity index (χ3v) is 7.02. The summed E-state index contributed by atoms with van der Waals surface area (Å²) >= 11 is 0. The van der Waals surface area contributed by atoms with Gasteiger partial charge >= 0.3 is 7.60 Å². The molecule has 0 aliphatic carbocycles. The van der Waals surface area contributed by atoms with Gasteiger partial charge in [-0.15, -0.1) is 12.4 Å². The highest BCUT2D eigenvalue weighted by atomic mass is 35.5. The topological polar surface area (TPSA) is 128 Å². The first-order valence-corrected chi connectivity index (χ1v) is 12.6. The fraction of sp³-hybridized carbons (Fsp3) is 0.0370. The molecule has 1 atom stereocenters. The summed E-state index contributed by atoms with van der Waals surface area (Å²) in [6.45, 7) is 0. The molecule has 0 saturated carbocycles. The lowest BCUT2D eigenvalue weighted by atomic mass is 10.1. The number of nitrogens with two attached hydrogens (primary N) is 1. The molecule has 1 amide bonds. The van der Waals surface area contributed by atoms with Crippen LogP contribution in [0.5, 0.6) is 11.5 Å². The predicted octanol–water partition coefficient (Wildman–Crippen LogP) is 6.16. The molecule has 4 aromatic rings. The average Bonchev–Trinajstić information content (AvgIpc) is 3.41. The standard InChI is InChI=1S/C27H24N3O5P.ClH/c28-26(29)20-13-15-21(16-14-20)27(30-25(31)18-17-22-12-7-19-33-22)36(32,34-23-8-3-1-4-9-23)35-24-10-5-2-6-11-24;/h1-19,27H,(H3,28,29)(H,30,31);1H. The van der Waals surface area contributed by atoms with E-state index in [0.29, 0.717) is 28.4 Å². The van der Waals surface area contributed by atoms with Crippen molar-refractivity contribution in [3.8, 4) is 11.5 Å². The summed E-state index contributed by atoms with van der Waals surface area (Å²) in [4.78, 5) is 12.9. The van der Waals surface area contributed by atoms with E-state index in [-0.39, 0.29) is 18.2 Å². The van der Waals surface area contributed by atoms with E-state index < -0.39 is 19.3 Å². The first kappa shape index (κ1) is 27.3. The quantitative estimate of drug-likeness (QED) is 0.0961. The Kier molecular flexibility index (Phi) is 9.33. The van der Waals surface area contributed by atoms with Crippen LogP contribution >= 0.6 is 20.0 Å². The maximum atomic E-state index is 14.5. The number of hydrogen-bond donors (Lipinski definition) is 3. The molecule has 0 radical (unpaired) electrons. The molecule has 0 spiro atoms. The lowest BCUT2D eigenvalue weighted by Gasteiger charge is -2.28. The monoisotopic (exact) mass is 537 g/mol. The number of nitrogen functional groups attached to an aromatic ring is 1. The van der Waals surface area contributed by atoms with E-state index in [1.165, 1.54) is 18.4 Å². The number of para-hydroxylation sites is 2. The van der Waals surface area contributed by atoms with Crippen molar-refractivity contribution in [3.63, 3.8) is 0 Å². The molecule has 0 bridgehead atoms. The summed E-state index contributed by atoms with van der Waals surface area (Å²) < 4.78 is 31.6. The number of halogens is 1. The van der Waals surface area contributed by atoms with Gasteiger partial charge in [-0.1, -0.05) is 60.7 Å². The Balaban J connectivity index is 0.00000380. The number of amides is 1. The van der Waals surface area contributed by atoms with Crippen molar-refractivity contribution in [3.05, 3.63) is 126 Å². The molecule has 190 valence electrons. The van der Waals surface area contributed by atoms with Crippen LogP contribution in [0.3, 0.4) is 0 Å². The van der Waals surface area contributed by atoms with E-state index in [9.17, 15) is 9.36 Å². The van der Waals surface area contributed by atoms with Crippen molar-refractivity contribution in [2.45, 2.75) is 5.78 Å². The zero-order valence-electron chi connectivity index (χ0n) is 19.5. The van der Waals surface area contributed by atoms with E-state index in [2.05, 4.69) is 5.32 Å². The number of nitrogens with one attached hydrogen (secondary N) is 2. The second kappa shape index (κ2) is 12.6. The van der Waals surface area contributed by atoms with Crippen LogP contribution in [0, 0.1) is 5.41 Å². The number of furan rings is 1. The molecule has 8 nitrogen and oxygen atoms in total. The summed E-state index contributed by atoms with van der Waals surface area (Å²) in [6.07, 6.45) is 4.25. The van der Waals surface area contributed by atoms with Crippen LogP contribution in [0.1, 0.15) is 22.7 Å². The smallest absolute Gasteiger partial charge is 0.457 e. The second-order valence-electron chi connectivity index (χ2n) is 7.64. The van der Waals surface area contributed by atoms with E-state index >= 15 is 0 Å². The van der Waals surface area contributed by atoms with Gasteiger partial charge in [-0.25, -0.2) is 4.57 Å². The Morgan fingerprint density at radius 1 is 0.892 bits per heavy atom. The highest BCUT2D eigenvalue weighted by Gasteiger charge is 2.41. The summed E-state index contributed by atoms with van der Waals surface area (Å²) in [6, 6.07) is 27.0. The number of benzene rings is 3. The Morgan fingerprint density at radius 3 is 1.95 bits per heavy atom. The minimum atomic E-state index is -4.15. The van der Waals surface area contributed by atoms with Crippen LogP contribution in [0.15, 0.2) is 114 Å². The molecule has 10 heteroatoms. The minimum absolute atomic E-state index is 0. The molecule has 3 aromatic carbocycles. The van der Waals surface area contributed by atoms with Crippen molar-refractivity contribution in [1.29, 1.82) is 5.41 Å². The molecule has 37 heavy (non-hydrogen) atoms. The third-order valence-electron chi connectivity index (χ3n) is 5.03. The van der Waals surface area contributed by atoms with Gasteiger partial charge < -0.3 is 24.5 Å². The molecule has 0 saturated heterocycles. The highest BCUT2D eigenvalue weighted by molar-refractivity contribution is 7.55. The molecule has 0 aliphatic rings. The normalized spacial score (nSPS) is 11.8. The average molecular weight is 538 g/mol. The highest BCUT2D eigenvalue weighted by Crippen LogP contribution is 2.59. The van der Waals surface area contributed by atoms with Gasteiger partial charge in [-0.05, 0) is 48.0 Å². The van der Waals surface area contributed by atoms with Gasteiger partial charge in [-0.3, -0.25) is 10.2 Å². The summed E-state index contributed by atoms with van der Waals surface area (Å²) in [5.41, 5.74) is 6.50. The molecule has 4 N–H and O–H groups in total. The summed E-state index contributed by atoms with van der Waals surface area (Å²) in [7, 11) is -4.15. The van der Waals surface area contributed by atoms with Gasteiger partial charge in [0.2, 0.25) is 5.91 Å². The largest absolute Gasteiger partial charge is 0.465 e. The van der Waals surface area contributed by atoms with Gasteiger partial charge in [0.1, 0.15) is 23.1 Å². The van der Waals surface area contributed by atoms with Crippen LogP contribution in [-0.2, 0) is 9.36 Å². The minimum Gasteiger partial charge on any atom is -0.465 e.